The zero-order valence-electron chi connectivity index (χ0n) is 14.2. The number of hydrogen-bond donors (Lipinski definition) is 0. The number of carbonyl (C=O) groups excluding carboxylic acids is 1. The van der Waals surface area contributed by atoms with Gasteiger partial charge in [-0.1, -0.05) is 0 Å². The van der Waals surface area contributed by atoms with Crippen LogP contribution in [0, 0.1) is 11.3 Å². The van der Waals surface area contributed by atoms with E-state index in [9.17, 15) is 10.1 Å². The summed E-state index contributed by atoms with van der Waals surface area (Å²) in [7, 11) is 0. The van der Waals surface area contributed by atoms with Gasteiger partial charge in [-0.3, -0.25) is 4.98 Å². The molecule has 0 aromatic carbocycles. The summed E-state index contributed by atoms with van der Waals surface area (Å²) in [4.78, 5) is 18.3. The maximum atomic E-state index is 12.2. The van der Waals surface area contributed by atoms with E-state index in [-0.39, 0.29) is 18.2 Å². The van der Waals surface area contributed by atoms with E-state index in [0.717, 1.165) is 18.4 Å². The number of fused-ring (bicyclic) bond motifs is 2. The first-order chi connectivity index (χ1) is 11.6. The third kappa shape index (κ3) is 2.79. The Labute approximate surface area is 142 Å². The third-order valence-electron chi connectivity index (χ3n) is 5.06. The molecule has 3 rings (SSSR count). The number of carbonyl (C=O) groups is 1. The van der Waals surface area contributed by atoms with E-state index in [1.165, 1.54) is 0 Å². The maximum Gasteiger partial charge on any atom is 0.410 e. The highest BCUT2D eigenvalue weighted by Gasteiger charge is 2.51. The molecule has 1 aromatic rings. The number of rotatable bonds is 4. The molecule has 6 heteroatoms. The molecule has 0 radical (unpaired) electrons. The van der Waals surface area contributed by atoms with Crippen LogP contribution < -0.4 is 4.74 Å². The van der Waals surface area contributed by atoms with Crippen LogP contribution in [0.3, 0.4) is 0 Å². The zero-order chi connectivity index (χ0) is 17.2. The molecule has 24 heavy (non-hydrogen) atoms. The van der Waals surface area contributed by atoms with Crippen LogP contribution in [0.4, 0.5) is 4.79 Å². The van der Waals surface area contributed by atoms with Crippen LogP contribution in [0.2, 0.25) is 0 Å². The Morgan fingerprint density at radius 1 is 1.33 bits per heavy atom. The SMILES string of the molecule is CCOC(=O)N1C2CCC1CC(C#N)(c1cncc(OCC)c1)C2. The molecule has 2 saturated heterocycles. The predicted molar refractivity (Wildman–Crippen MR) is 87.6 cm³/mol. The Hall–Kier alpha value is -2.29. The Balaban J connectivity index is 1.88. The van der Waals surface area contributed by atoms with Crippen molar-refractivity contribution in [2.24, 2.45) is 0 Å². The number of ether oxygens (including phenoxy) is 2. The largest absolute Gasteiger partial charge is 0.492 e. The normalized spacial score (nSPS) is 28.3. The van der Waals surface area contributed by atoms with Crippen LogP contribution in [0.1, 0.15) is 45.1 Å². The van der Waals surface area contributed by atoms with Crippen molar-refractivity contribution in [1.29, 1.82) is 5.26 Å². The fraction of sp³-hybridized carbons (Fsp3) is 0.611. The van der Waals surface area contributed by atoms with Crippen LogP contribution in [0.5, 0.6) is 5.75 Å². The third-order valence-corrected chi connectivity index (χ3v) is 5.06. The number of piperidine rings is 1. The van der Waals surface area contributed by atoms with Gasteiger partial charge in [0.25, 0.3) is 0 Å². The lowest BCUT2D eigenvalue weighted by Crippen LogP contribution is -2.51. The van der Waals surface area contributed by atoms with Crippen molar-refractivity contribution in [3.8, 4) is 11.8 Å². The van der Waals surface area contributed by atoms with Crippen LogP contribution in [-0.4, -0.2) is 41.3 Å². The van der Waals surface area contributed by atoms with Gasteiger partial charge >= 0.3 is 6.09 Å². The highest BCUT2D eigenvalue weighted by Crippen LogP contribution is 2.47. The lowest BCUT2D eigenvalue weighted by molar-refractivity contribution is 0.0609. The minimum Gasteiger partial charge on any atom is -0.492 e. The first-order valence-electron chi connectivity index (χ1n) is 8.58. The summed E-state index contributed by atoms with van der Waals surface area (Å²) in [6, 6.07) is 4.54. The number of aromatic nitrogens is 1. The van der Waals surface area contributed by atoms with Gasteiger partial charge in [0.1, 0.15) is 5.75 Å². The number of amides is 1. The minimum atomic E-state index is -0.616. The van der Waals surface area contributed by atoms with Gasteiger partial charge in [-0.15, -0.1) is 0 Å². The average molecular weight is 329 g/mol. The molecule has 1 aromatic heterocycles. The van der Waals surface area contributed by atoms with Crippen LogP contribution in [-0.2, 0) is 10.2 Å². The molecule has 0 aliphatic carbocycles. The van der Waals surface area contributed by atoms with E-state index >= 15 is 0 Å². The van der Waals surface area contributed by atoms with Crippen molar-refractivity contribution >= 4 is 6.09 Å². The van der Waals surface area contributed by atoms with E-state index in [4.69, 9.17) is 9.47 Å². The molecule has 0 spiro atoms. The number of nitrogens with zero attached hydrogens (tertiary/aromatic N) is 3. The van der Waals surface area contributed by atoms with Gasteiger partial charge in [0.05, 0.1) is 30.9 Å². The number of hydrogen-bond acceptors (Lipinski definition) is 5. The minimum absolute atomic E-state index is 0.0539. The maximum absolute atomic E-state index is 12.2. The smallest absolute Gasteiger partial charge is 0.410 e. The molecule has 0 saturated carbocycles. The first-order valence-corrected chi connectivity index (χ1v) is 8.58. The second-order valence-corrected chi connectivity index (χ2v) is 6.44. The van der Waals surface area contributed by atoms with Gasteiger partial charge < -0.3 is 14.4 Å². The second kappa shape index (κ2) is 6.68. The molecule has 2 aliphatic heterocycles. The Morgan fingerprint density at radius 3 is 2.62 bits per heavy atom. The van der Waals surface area contributed by atoms with Crippen molar-refractivity contribution < 1.29 is 14.3 Å². The standard InChI is InChI=1S/C18H23N3O3/c1-3-23-16-7-13(10-20-11-16)18(12-19)8-14-5-6-15(9-18)21(14)17(22)24-4-2/h7,10-11,14-15H,3-6,8-9H2,1-2H3. The van der Waals surface area contributed by atoms with Crippen molar-refractivity contribution in [1.82, 2.24) is 9.88 Å². The highest BCUT2D eigenvalue weighted by molar-refractivity contribution is 5.69. The molecule has 6 nitrogen and oxygen atoms in total. The van der Waals surface area contributed by atoms with Crippen molar-refractivity contribution in [2.75, 3.05) is 13.2 Å². The molecule has 3 heterocycles. The monoisotopic (exact) mass is 329 g/mol. The first kappa shape index (κ1) is 16.6. The Kier molecular flexibility index (Phi) is 4.61. The summed E-state index contributed by atoms with van der Waals surface area (Å²) >= 11 is 0. The quantitative estimate of drug-likeness (QED) is 0.848. The summed E-state index contributed by atoms with van der Waals surface area (Å²) in [6.45, 7) is 4.67. The van der Waals surface area contributed by atoms with Gasteiger partial charge in [0.2, 0.25) is 0 Å². The van der Waals surface area contributed by atoms with Gasteiger partial charge in [-0.05, 0) is 51.2 Å². The summed E-state index contributed by atoms with van der Waals surface area (Å²) < 4.78 is 10.7. The van der Waals surface area contributed by atoms with Gasteiger partial charge in [0.15, 0.2) is 0 Å². The van der Waals surface area contributed by atoms with Gasteiger partial charge in [0, 0.05) is 18.3 Å². The average Bonchev–Trinajstić information content (AvgIpc) is 2.87. The molecular weight excluding hydrogens is 306 g/mol. The van der Waals surface area contributed by atoms with E-state index in [1.807, 2.05) is 24.8 Å². The fourth-order valence-corrected chi connectivity index (χ4v) is 4.06. The Morgan fingerprint density at radius 2 is 2.04 bits per heavy atom. The topological polar surface area (TPSA) is 75.5 Å². The number of pyridine rings is 1. The second-order valence-electron chi connectivity index (χ2n) is 6.44. The van der Waals surface area contributed by atoms with E-state index in [0.29, 0.717) is 31.8 Å². The molecule has 2 unspecified atom stereocenters. The summed E-state index contributed by atoms with van der Waals surface area (Å²) in [6.07, 6.45) is 6.26. The zero-order valence-corrected chi connectivity index (χ0v) is 14.2. The lowest BCUT2D eigenvalue weighted by atomic mass is 9.71. The molecule has 2 atom stereocenters. The molecule has 0 N–H and O–H groups in total. The predicted octanol–water partition coefficient (Wildman–Crippen LogP) is 3.02. The highest BCUT2D eigenvalue weighted by atomic mass is 16.6. The summed E-state index contributed by atoms with van der Waals surface area (Å²) in [5.41, 5.74) is 0.269. The summed E-state index contributed by atoms with van der Waals surface area (Å²) in [5, 5.41) is 9.95. The fourth-order valence-electron chi connectivity index (χ4n) is 4.06. The van der Waals surface area contributed by atoms with Gasteiger partial charge in [-0.25, -0.2) is 4.79 Å². The van der Waals surface area contributed by atoms with E-state index in [2.05, 4.69) is 11.1 Å². The van der Waals surface area contributed by atoms with Crippen LogP contribution in [0.25, 0.3) is 0 Å². The Bertz CT molecular complexity index is 641. The van der Waals surface area contributed by atoms with Crippen LogP contribution >= 0.6 is 0 Å². The van der Waals surface area contributed by atoms with Crippen molar-refractivity contribution in [3.63, 3.8) is 0 Å². The molecule has 128 valence electrons. The molecule has 2 aliphatic rings. The molecule has 2 fully saturated rings. The molecular formula is C18H23N3O3. The molecule has 2 bridgehead atoms. The van der Waals surface area contributed by atoms with Crippen LogP contribution in [0.15, 0.2) is 18.5 Å². The van der Waals surface area contributed by atoms with E-state index < -0.39 is 5.41 Å². The van der Waals surface area contributed by atoms with Crippen molar-refractivity contribution in [2.45, 2.75) is 57.0 Å². The lowest BCUT2D eigenvalue weighted by Gasteiger charge is -2.42. The summed E-state index contributed by atoms with van der Waals surface area (Å²) in [5.74, 6) is 0.685. The van der Waals surface area contributed by atoms with E-state index in [1.54, 1.807) is 12.4 Å². The molecule has 1 amide bonds. The van der Waals surface area contributed by atoms with Crippen molar-refractivity contribution in [3.05, 3.63) is 24.0 Å². The van der Waals surface area contributed by atoms with Gasteiger partial charge in [-0.2, -0.15) is 5.26 Å². The number of nitriles is 1.